The number of benzene rings is 2. The first kappa shape index (κ1) is 18.5. The number of carbonyl (C=O) groups excluding carboxylic acids is 1. The van der Waals surface area contributed by atoms with E-state index in [4.69, 9.17) is 0 Å². The van der Waals surface area contributed by atoms with Crippen LogP contribution in [0.3, 0.4) is 0 Å². The number of aromatic amines is 1. The molecule has 2 aromatic carbocycles. The Labute approximate surface area is 168 Å². The fourth-order valence-electron chi connectivity index (χ4n) is 3.19. The lowest BCUT2D eigenvalue weighted by Crippen LogP contribution is -2.06. The van der Waals surface area contributed by atoms with Crippen LogP contribution in [0.5, 0.6) is 0 Å². The van der Waals surface area contributed by atoms with E-state index in [2.05, 4.69) is 32.7 Å². The molecule has 29 heavy (non-hydrogen) atoms. The Kier molecular flexibility index (Phi) is 5.11. The summed E-state index contributed by atoms with van der Waals surface area (Å²) in [7, 11) is 0. The molecule has 0 aliphatic rings. The monoisotopic (exact) mass is 386 g/mol. The lowest BCUT2D eigenvalue weighted by molar-refractivity contribution is -0.114. The maximum atomic E-state index is 11.3. The molecule has 2 aromatic heterocycles. The van der Waals surface area contributed by atoms with Crippen LogP contribution < -0.4 is 10.6 Å². The summed E-state index contributed by atoms with van der Waals surface area (Å²) in [5.41, 5.74) is 5.89. The normalized spacial score (nSPS) is 10.7. The Morgan fingerprint density at radius 1 is 1.14 bits per heavy atom. The van der Waals surface area contributed by atoms with Crippen molar-refractivity contribution in [3.05, 3.63) is 72.8 Å². The number of amides is 1. The third kappa shape index (κ3) is 4.19. The SMILES string of the molecule is CCc1cc(NC(C)=O)ccc1Nc1cc(-c2ccc(-n3ccnc3)cc2)[nH]n1. The van der Waals surface area contributed by atoms with Gasteiger partial charge in [-0.25, -0.2) is 4.98 Å². The minimum absolute atomic E-state index is 0.0798. The predicted octanol–water partition coefficient (Wildman–Crippen LogP) is 4.53. The Bertz CT molecular complexity index is 1110. The van der Waals surface area contributed by atoms with Crippen LogP contribution in [0.25, 0.3) is 16.9 Å². The van der Waals surface area contributed by atoms with Gasteiger partial charge in [0.05, 0.1) is 12.0 Å². The molecule has 1 amide bonds. The molecular formula is C22H22N6O. The highest BCUT2D eigenvalue weighted by Crippen LogP contribution is 2.27. The van der Waals surface area contributed by atoms with Gasteiger partial charge >= 0.3 is 0 Å². The molecule has 0 aliphatic carbocycles. The summed E-state index contributed by atoms with van der Waals surface area (Å²) in [5, 5.41) is 13.6. The number of H-pyrrole nitrogens is 1. The summed E-state index contributed by atoms with van der Waals surface area (Å²) in [6.45, 7) is 3.58. The minimum atomic E-state index is -0.0798. The van der Waals surface area contributed by atoms with Crippen molar-refractivity contribution in [3.8, 4) is 16.9 Å². The van der Waals surface area contributed by atoms with E-state index in [9.17, 15) is 4.79 Å². The Balaban J connectivity index is 1.51. The zero-order valence-electron chi connectivity index (χ0n) is 16.3. The Hall–Kier alpha value is -3.87. The molecule has 4 aromatic rings. The first-order valence-corrected chi connectivity index (χ1v) is 9.44. The number of carbonyl (C=O) groups is 1. The molecule has 0 aliphatic heterocycles. The predicted molar refractivity (Wildman–Crippen MR) is 115 cm³/mol. The molecule has 7 heteroatoms. The number of imidazole rings is 1. The first-order chi connectivity index (χ1) is 14.1. The number of nitrogens with one attached hydrogen (secondary N) is 3. The van der Waals surface area contributed by atoms with Gasteiger partial charge in [-0.15, -0.1) is 0 Å². The highest BCUT2D eigenvalue weighted by atomic mass is 16.1. The van der Waals surface area contributed by atoms with Gasteiger partial charge in [0.25, 0.3) is 0 Å². The molecule has 0 fully saturated rings. The summed E-state index contributed by atoms with van der Waals surface area (Å²) in [4.78, 5) is 15.3. The molecule has 3 N–H and O–H groups in total. The number of nitrogens with zero attached hydrogens (tertiary/aromatic N) is 3. The van der Waals surface area contributed by atoms with Crippen molar-refractivity contribution in [2.75, 3.05) is 10.6 Å². The van der Waals surface area contributed by atoms with Crippen molar-refractivity contribution >= 4 is 23.1 Å². The van der Waals surface area contributed by atoms with E-state index >= 15 is 0 Å². The second-order valence-electron chi connectivity index (χ2n) is 6.72. The van der Waals surface area contributed by atoms with Gasteiger partial charge in [-0.2, -0.15) is 5.10 Å². The number of anilines is 3. The molecule has 0 bridgehead atoms. The summed E-state index contributed by atoms with van der Waals surface area (Å²) >= 11 is 0. The lowest BCUT2D eigenvalue weighted by Gasteiger charge is -2.11. The summed E-state index contributed by atoms with van der Waals surface area (Å²) in [5.74, 6) is 0.657. The zero-order valence-corrected chi connectivity index (χ0v) is 16.3. The highest BCUT2D eigenvalue weighted by Gasteiger charge is 2.08. The molecular weight excluding hydrogens is 364 g/mol. The summed E-state index contributed by atoms with van der Waals surface area (Å²) in [6.07, 6.45) is 6.28. The quantitative estimate of drug-likeness (QED) is 0.454. The molecule has 0 atom stereocenters. The average Bonchev–Trinajstić information content (AvgIpc) is 3.41. The smallest absolute Gasteiger partial charge is 0.221 e. The van der Waals surface area contributed by atoms with Crippen molar-refractivity contribution in [1.82, 2.24) is 19.7 Å². The van der Waals surface area contributed by atoms with Crippen LogP contribution in [0.4, 0.5) is 17.2 Å². The van der Waals surface area contributed by atoms with Crippen LogP contribution in [0.2, 0.25) is 0 Å². The molecule has 0 unspecified atom stereocenters. The third-order valence-corrected chi connectivity index (χ3v) is 4.63. The topological polar surface area (TPSA) is 87.6 Å². The molecule has 0 saturated heterocycles. The second-order valence-corrected chi connectivity index (χ2v) is 6.72. The molecule has 7 nitrogen and oxygen atoms in total. The maximum Gasteiger partial charge on any atom is 0.221 e. The van der Waals surface area contributed by atoms with E-state index < -0.39 is 0 Å². The van der Waals surface area contributed by atoms with Crippen LogP contribution in [-0.2, 0) is 11.2 Å². The minimum Gasteiger partial charge on any atom is -0.339 e. The number of aromatic nitrogens is 4. The van der Waals surface area contributed by atoms with Crippen molar-refractivity contribution in [3.63, 3.8) is 0 Å². The van der Waals surface area contributed by atoms with Crippen molar-refractivity contribution in [2.45, 2.75) is 20.3 Å². The second kappa shape index (κ2) is 8.02. The molecule has 0 spiro atoms. The van der Waals surface area contributed by atoms with Gasteiger partial charge in [0.2, 0.25) is 5.91 Å². The van der Waals surface area contributed by atoms with E-state index in [1.165, 1.54) is 6.92 Å². The van der Waals surface area contributed by atoms with Crippen molar-refractivity contribution in [2.24, 2.45) is 0 Å². The van der Waals surface area contributed by atoms with E-state index in [0.717, 1.165) is 46.1 Å². The first-order valence-electron chi connectivity index (χ1n) is 9.44. The van der Waals surface area contributed by atoms with Gasteiger partial charge in [0.1, 0.15) is 0 Å². The van der Waals surface area contributed by atoms with Gasteiger partial charge in [-0.1, -0.05) is 19.1 Å². The maximum absolute atomic E-state index is 11.3. The van der Waals surface area contributed by atoms with Crippen molar-refractivity contribution < 1.29 is 4.79 Å². The third-order valence-electron chi connectivity index (χ3n) is 4.63. The number of rotatable bonds is 6. The van der Waals surface area contributed by atoms with E-state index in [1.54, 1.807) is 12.5 Å². The molecule has 4 rings (SSSR count). The molecule has 0 saturated carbocycles. The summed E-state index contributed by atoms with van der Waals surface area (Å²) < 4.78 is 1.96. The number of hydrogen-bond acceptors (Lipinski definition) is 4. The largest absolute Gasteiger partial charge is 0.339 e. The van der Waals surface area contributed by atoms with Crippen LogP contribution in [-0.4, -0.2) is 25.7 Å². The van der Waals surface area contributed by atoms with Gasteiger partial charge in [0.15, 0.2) is 5.82 Å². The lowest BCUT2D eigenvalue weighted by atomic mass is 10.1. The van der Waals surface area contributed by atoms with Crippen LogP contribution in [0, 0.1) is 0 Å². The van der Waals surface area contributed by atoms with Gasteiger partial charge in [-0.05, 0) is 47.9 Å². The Morgan fingerprint density at radius 3 is 2.66 bits per heavy atom. The molecule has 2 heterocycles. The molecule has 0 radical (unpaired) electrons. The zero-order chi connectivity index (χ0) is 20.2. The average molecular weight is 386 g/mol. The van der Waals surface area contributed by atoms with Crippen LogP contribution in [0.15, 0.2) is 67.3 Å². The standard InChI is InChI=1S/C22H22N6O/c1-3-16-12-18(24-15(2)29)6-9-20(16)25-22-13-21(26-27-22)17-4-7-19(8-5-17)28-11-10-23-14-28/h4-14H,3H2,1-2H3,(H,24,29)(H2,25,26,27). The van der Waals surface area contributed by atoms with E-state index in [1.807, 2.05) is 59.3 Å². The molecule has 146 valence electrons. The van der Waals surface area contributed by atoms with Crippen LogP contribution >= 0.6 is 0 Å². The number of hydrogen-bond donors (Lipinski definition) is 3. The van der Waals surface area contributed by atoms with Gasteiger partial charge in [0, 0.05) is 42.4 Å². The Morgan fingerprint density at radius 2 is 1.97 bits per heavy atom. The van der Waals surface area contributed by atoms with Gasteiger partial charge in [-0.3, -0.25) is 9.89 Å². The van der Waals surface area contributed by atoms with Gasteiger partial charge < -0.3 is 15.2 Å². The van der Waals surface area contributed by atoms with Crippen LogP contribution in [0.1, 0.15) is 19.4 Å². The van der Waals surface area contributed by atoms with E-state index in [-0.39, 0.29) is 5.91 Å². The number of aryl methyl sites for hydroxylation is 1. The fourth-order valence-corrected chi connectivity index (χ4v) is 3.19. The summed E-state index contributed by atoms with van der Waals surface area (Å²) in [6, 6.07) is 16.0. The fraction of sp³-hybridized carbons (Fsp3) is 0.136. The van der Waals surface area contributed by atoms with Crippen molar-refractivity contribution in [1.29, 1.82) is 0 Å². The highest BCUT2D eigenvalue weighted by molar-refractivity contribution is 5.89. The van der Waals surface area contributed by atoms with E-state index in [0.29, 0.717) is 0 Å².